The lowest BCUT2D eigenvalue weighted by Gasteiger charge is -2.07. The molecule has 0 saturated carbocycles. The van der Waals surface area contributed by atoms with Crippen molar-refractivity contribution in [1.29, 1.82) is 5.26 Å². The second kappa shape index (κ2) is 6.20. The SMILES string of the molecule is CC(C#N)CNC(=O)Nc1ccc([N+](=O)[O-])cc1. The number of carbonyl (C=O) groups is 1. The topological polar surface area (TPSA) is 108 Å². The summed E-state index contributed by atoms with van der Waals surface area (Å²) in [5.41, 5.74) is 0.404. The summed E-state index contributed by atoms with van der Waals surface area (Å²) in [4.78, 5) is 21.3. The third kappa shape index (κ3) is 4.09. The molecule has 0 spiro atoms. The van der Waals surface area contributed by atoms with E-state index in [2.05, 4.69) is 10.6 Å². The molecule has 7 nitrogen and oxygen atoms in total. The van der Waals surface area contributed by atoms with E-state index in [9.17, 15) is 14.9 Å². The van der Waals surface area contributed by atoms with Gasteiger partial charge < -0.3 is 10.6 Å². The van der Waals surface area contributed by atoms with Gasteiger partial charge in [-0.25, -0.2) is 4.79 Å². The van der Waals surface area contributed by atoms with E-state index in [0.29, 0.717) is 5.69 Å². The van der Waals surface area contributed by atoms with Gasteiger partial charge in [-0.1, -0.05) is 0 Å². The lowest BCUT2D eigenvalue weighted by Crippen LogP contribution is -2.31. The molecule has 1 unspecified atom stereocenters. The predicted molar refractivity (Wildman–Crippen MR) is 64.9 cm³/mol. The average Bonchev–Trinajstić information content (AvgIpc) is 2.36. The number of nitrogens with one attached hydrogen (secondary N) is 2. The normalized spacial score (nSPS) is 11.1. The maximum Gasteiger partial charge on any atom is 0.319 e. The number of nitriles is 1. The summed E-state index contributed by atoms with van der Waals surface area (Å²) >= 11 is 0. The lowest BCUT2D eigenvalue weighted by molar-refractivity contribution is -0.384. The van der Waals surface area contributed by atoms with E-state index in [1.807, 2.05) is 6.07 Å². The Hall–Kier alpha value is -2.62. The fourth-order valence-corrected chi connectivity index (χ4v) is 1.13. The van der Waals surface area contributed by atoms with Gasteiger partial charge in [0.1, 0.15) is 0 Å². The van der Waals surface area contributed by atoms with E-state index < -0.39 is 11.0 Å². The molecule has 18 heavy (non-hydrogen) atoms. The number of nitrogens with zero attached hydrogens (tertiary/aromatic N) is 2. The Balaban J connectivity index is 2.50. The maximum absolute atomic E-state index is 11.4. The Morgan fingerprint density at radius 3 is 2.61 bits per heavy atom. The molecule has 0 heterocycles. The van der Waals surface area contributed by atoms with Crippen LogP contribution in [-0.4, -0.2) is 17.5 Å². The highest BCUT2D eigenvalue weighted by Gasteiger charge is 2.07. The first kappa shape index (κ1) is 13.4. The quantitative estimate of drug-likeness (QED) is 0.626. The zero-order valence-electron chi connectivity index (χ0n) is 9.71. The van der Waals surface area contributed by atoms with E-state index in [4.69, 9.17) is 5.26 Å². The molecule has 1 rings (SSSR count). The minimum atomic E-state index is -0.515. The highest BCUT2D eigenvalue weighted by atomic mass is 16.6. The van der Waals surface area contributed by atoms with E-state index in [-0.39, 0.29) is 18.2 Å². The Morgan fingerprint density at radius 2 is 2.11 bits per heavy atom. The summed E-state index contributed by atoms with van der Waals surface area (Å²) in [5.74, 6) is -0.271. The van der Waals surface area contributed by atoms with Crippen molar-refractivity contribution in [1.82, 2.24) is 5.32 Å². The van der Waals surface area contributed by atoms with Crippen molar-refractivity contribution in [2.24, 2.45) is 5.92 Å². The summed E-state index contributed by atoms with van der Waals surface area (Å²) in [5, 5.41) is 24.0. The number of nitro benzene ring substituents is 1. The molecule has 7 heteroatoms. The number of hydrogen-bond donors (Lipinski definition) is 2. The molecule has 2 amide bonds. The molecule has 0 aliphatic rings. The number of amides is 2. The van der Waals surface area contributed by atoms with Crippen molar-refractivity contribution in [2.75, 3.05) is 11.9 Å². The van der Waals surface area contributed by atoms with Crippen LogP contribution < -0.4 is 10.6 Å². The van der Waals surface area contributed by atoms with Crippen LogP contribution in [-0.2, 0) is 0 Å². The number of urea groups is 1. The monoisotopic (exact) mass is 248 g/mol. The molecule has 0 saturated heterocycles. The standard InChI is InChI=1S/C11H12N4O3/c1-8(6-12)7-13-11(16)14-9-2-4-10(5-3-9)15(17)18/h2-5,8H,7H2,1H3,(H2,13,14,16). The summed E-state index contributed by atoms with van der Waals surface area (Å²) in [6.07, 6.45) is 0. The van der Waals surface area contributed by atoms with Crippen LogP contribution in [0, 0.1) is 27.4 Å². The first-order chi connectivity index (χ1) is 8.52. The molecule has 0 aromatic heterocycles. The number of benzene rings is 1. The second-order valence-corrected chi connectivity index (χ2v) is 3.67. The third-order valence-corrected chi connectivity index (χ3v) is 2.13. The highest BCUT2D eigenvalue weighted by molar-refractivity contribution is 5.89. The van der Waals surface area contributed by atoms with Crippen LogP contribution >= 0.6 is 0 Å². The van der Waals surface area contributed by atoms with E-state index in [1.54, 1.807) is 6.92 Å². The fraction of sp³-hybridized carbons (Fsp3) is 0.273. The first-order valence-corrected chi connectivity index (χ1v) is 5.22. The van der Waals surface area contributed by atoms with E-state index in [1.165, 1.54) is 24.3 Å². The van der Waals surface area contributed by atoms with Gasteiger partial charge in [0.2, 0.25) is 0 Å². The summed E-state index contributed by atoms with van der Waals surface area (Å²) in [6, 6.07) is 7.00. The largest absolute Gasteiger partial charge is 0.337 e. The van der Waals surface area contributed by atoms with E-state index in [0.717, 1.165) is 0 Å². The number of non-ortho nitro benzene ring substituents is 1. The summed E-state index contributed by atoms with van der Waals surface area (Å²) in [7, 11) is 0. The molecule has 0 bridgehead atoms. The van der Waals surface area contributed by atoms with Crippen molar-refractivity contribution in [3.63, 3.8) is 0 Å². The van der Waals surface area contributed by atoms with Crippen LogP contribution in [0.2, 0.25) is 0 Å². The van der Waals surface area contributed by atoms with Gasteiger partial charge in [0.05, 0.1) is 16.9 Å². The Bertz CT molecular complexity index is 478. The van der Waals surface area contributed by atoms with E-state index >= 15 is 0 Å². The molecule has 1 aromatic rings. The zero-order chi connectivity index (χ0) is 13.5. The molecule has 94 valence electrons. The molecular formula is C11H12N4O3. The van der Waals surface area contributed by atoms with Crippen molar-refractivity contribution < 1.29 is 9.72 Å². The predicted octanol–water partition coefficient (Wildman–Crippen LogP) is 1.88. The molecule has 1 atom stereocenters. The van der Waals surface area contributed by atoms with Gasteiger partial charge in [0, 0.05) is 24.4 Å². The van der Waals surface area contributed by atoms with Crippen LogP contribution in [0.4, 0.5) is 16.2 Å². The number of nitro groups is 1. The summed E-state index contributed by atoms with van der Waals surface area (Å²) < 4.78 is 0. The number of hydrogen-bond acceptors (Lipinski definition) is 4. The van der Waals surface area contributed by atoms with Crippen molar-refractivity contribution >= 4 is 17.4 Å². The molecule has 0 radical (unpaired) electrons. The molecule has 0 aliphatic heterocycles. The van der Waals surface area contributed by atoms with Gasteiger partial charge >= 0.3 is 6.03 Å². The Morgan fingerprint density at radius 1 is 1.50 bits per heavy atom. The molecule has 0 fully saturated rings. The minimum Gasteiger partial charge on any atom is -0.337 e. The van der Waals surface area contributed by atoms with Crippen molar-refractivity contribution in [2.45, 2.75) is 6.92 Å². The number of carbonyl (C=O) groups excluding carboxylic acids is 1. The van der Waals surface area contributed by atoms with Gasteiger partial charge in [0.25, 0.3) is 5.69 Å². The number of rotatable bonds is 4. The average molecular weight is 248 g/mol. The van der Waals surface area contributed by atoms with Gasteiger partial charge in [-0.3, -0.25) is 10.1 Å². The van der Waals surface area contributed by atoms with Gasteiger partial charge in [0.15, 0.2) is 0 Å². The van der Waals surface area contributed by atoms with Crippen LogP contribution in [0.1, 0.15) is 6.92 Å². The van der Waals surface area contributed by atoms with Crippen molar-refractivity contribution in [3.05, 3.63) is 34.4 Å². The second-order valence-electron chi connectivity index (χ2n) is 3.67. The van der Waals surface area contributed by atoms with Crippen LogP contribution in [0.25, 0.3) is 0 Å². The lowest BCUT2D eigenvalue weighted by atomic mass is 10.2. The van der Waals surface area contributed by atoms with Crippen LogP contribution in [0.5, 0.6) is 0 Å². The molecular weight excluding hydrogens is 236 g/mol. The molecule has 0 aliphatic carbocycles. The molecule has 1 aromatic carbocycles. The zero-order valence-corrected chi connectivity index (χ0v) is 9.71. The summed E-state index contributed by atoms with van der Waals surface area (Å²) in [6.45, 7) is 1.93. The van der Waals surface area contributed by atoms with Gasteiger partial charge in [-0.05, 0) is 19.1 Å². The highest BCUT2D eigenvalue weighted by Crippen LogP contribution is 2.15. The maximum atomic E-state index is 11.4. The minimum absolute atomic E-state index is 0.0425. The van der Waals surface area contributed by atoms with Crippen molar-refractivity contribution in [3.8, 4) is 6.07 Å². The Labute approximate surface area is 104 Å². The van der Waals surface area contributed by atoms with Gasteiger partial charge in [-0.2, -0.15) is 5.26 Å². The van der Waals surface area contributed by atoms with Gasteiger partial charge in [-0.15, -0.1) is 0 Å². The smallest absolute Gasteiger partial charge is 0.319 e. The Kier molecular flexibility index (Phi) is 4.63. The first-order valence-electron chi connectivity index (χ1n) is 5.22. The third-order valence-electron chi connectivity index (χ3n) is 2.13. The number of anilines is 1. The fourth-order valence-electron chi connectivity index (χ4n) is 1.13. The van der Waals surface area contributed by atoms with Crippen LogP contribution in [0.15, 0.2) is 24.3 Å². The molecule has 2 N–H and O–H groups in total. The van der Waals surface area contributed by atoms with Crippen LogP contribution in [0.3, 0.4) is 0 Å².